The molecule has 0 spiro atoms. The minimum Gasteiger partial charge on any atom is -0.345 e. The maximum absolute atomic E-state index is 4.87. The number of nitrogens with one attached hydrogen (secondary N) is 1. The zero-order chi connectivity index (χ0) is 13.1. The molecule has 18 heavy (non-hydrogen) atoms. The Bertz CT molecular complexity index is 382. The SMILES string of the molecule is CCc1nc(N(CC(C)C)C2CC2)sc1CNC. The van der Waals surface area contributed by atoms with Gasteiger partial charge in [-0.3, -0.25) is 0 Å². The fourth-order valence-corrected chi connectivity index (χ4v) is 3.47. The van der Waals surface area contributed by atoms with E-state index in [2.05, 4.69) is 31.0 Å². The van der Waals surface area contributed by atoms with Gasteiger partial charge in [0.25, 0.3) is 0 Å². The van der Waals surface area contributed by atoms with E-state index in [4.69, 9.17) is 4.98 Å². The molecule has 1 aliphatic rings. The number of thiazole rings is 1. The Morgan fingerprint density at radius 3 is 2.67 bits per heavy atom. The maximum atomic E-state index is 4.87. The molecule has 0 bridgehead atoms. The van der Waals surface area contributed by atoms with Crippen LogP contribution < -0.4 is 10.2 Å². The number of nitrogens with zero attached hydrogens (tertiary/aromatic N) is 2. The molecule has 0 radical (unpaired) electrons. The van der Waals surface area contributed by atoms with Gasteiger partial charge < -0.3 is 10.2 Å². The third-order valence-corrected chi connectivity index (χ3v) is 4.37. The molecule has 1 N–H and O–H groups in total. The molecule has 3 nitrogen and oxygen atoms in total. The second-order valence-corrected chi connectivity index (χ2v) is 6.59. The van der Waals surface area contributed by atoms with Crippen molar-refractivity contribution >= 4 is 16.5 Å². The van der Waals surface area contributed by atoms with Gasteiger partial charge in [-0.25, -0.2) is 4.98 Å². The van der Waals surface area contributed by atoms with Crippen molar-refractivity contribution in [3.63, 3.8) is 0 Å². The van der Waals surface area contributed by atoms with Gasteiger partial charge in [0.1, 0.15) is 0 Å². The smallest absolute Gasteiger partial charge is 0.186 e. The summed E-state index contributed by atoms with van der Waals surface area (Å²) in [6.45, 7) is 8.86. The normalized spacial score (nSPS) is 15.4. The summed E-state index contributed by atoms with van der Waals surface area (Å²) < 4.78 is 0. The van der Waals surface area contributed by atoms with E-state index in [1.807, 2.05) is 18.4 Å². The average molecular weight is 267 g/mol. The van der Waals surface area contributed by atoms with Crippen molar-refractivity contribution in [1.29, 1.82) is 0 Å². The summed E-state index contributed by atoms with van der Waals surface area (Å²) >= 11 is 1.88. The van der Waals surface area contributed by atoms with E-state index in [1.165, 1.54) is 28.5 Å². The molecule has 4 heteroatoms. The minimum atomic E-state index is 0.701. The van der Waals surface area contributed by atoms with Gasteiger partial charge in [-0.05, 0) is 32.2 Å². The molecule has 1 aromatic heterocycles. The van der Waals surface area contributed by atoms with Crippen LogP contribution in [0.15, 0.2) is 0 Å². The topological polar surface area (TPSA) is 28.2 Å². The Balaban J connectivity index is 2.18. The fourth-order valence-electron chi connectivity index (χ4n) is 2.23. The van der Waals surface area contributed by atoms with Crippen molar-refractivity contribution in [2.75, 3.05) is 18.5 Å². The molecule has 102 valence electrons. The highest BCUT2D eigenvalue weighted by molar-refractivity contribution is 7.15. The Labute approximate surface area is 115 Å². The Morgan fingerprint density at radius 1 is 1.44 bits per heavy atom. The van der Waals surface area contributed by atoms with Gasteiger partial charge in [-0.2, -0.15) is 0 Å². The van der Waals surface area contributed by atoms with E-state index < -0.39 is 0 Å². The first-order chi connectivity index (χ1) is 8.65. The van der Waals surface area contributed by atoms with E-state index in [-0.39, 0.29) is 0 Å². The lowest BCUT2D eigenvalue weighted by molar-refractivity contribution is 0.606. The molecule has 0 atom stereocenters. The van der Waals surface area contributed by atoms with E-state index in [0.29, 0.717) is 5.92 Å². The summed E-state index contributed by atoms with van der Waals surface area (Å²) in [4.78, 5) is 8.81. The highest BCUT2D eigenvalue weighted by Gasteiger charge is 2.31. The lowest BCUT2D eigenvalue weighted by Crippen LogP contribution is -2.29. The number of hydrogen-bond acceptors (Lipinski definition) is 4. The second-order valence-electron chi connectivity index (χ2n) is 5.53. The number of aromatic nitrogens is 1. The Kier molecular flexibility index (Phi) is 4.62. The first kappa shape index (κ1) is 13.8. The van der Waals surface area contributed by atoms with Crippen molar-refractivity contribution in [3.05, 3.63) is 10.6 Å². The molecule has 1 fully saturated rings. The predicted molar refractivity (Wildman–Crippen MR) is 79.5 cm³/mol. The van der Waals surface area contributed by atoms with Gasteiger partial charge in [-0.15, -0.1) is 11.3 Å². The van der Waals surface area contributed by atoms with Crippen molar-refractivity contribution in [2.24, 2.45) is 5.92 Å². The van der Waals surface area contributed by atoms with Crippen molar-refractivity contribution in [2.45, 2.75) is 52.6 Å². The van der Waals surface area contributed by atoms with Crippen LogP contribution in [0, 0.1) is 5.92 Å². The first-order valence-corrected chi connectivity index (χ1v) is 7.87. The van der Waals surface area contributed by atoms with Gasteiger partial charge in [0.15, 0.2) is 5.13 Å². The van der Waals surface area contributed by atoms with Gasteiger partial charge >= 0.3 is 0 Å². The first-order valence-electron chi connectivity index (χ1n) is 7.05. The van der Waals surface area contributed by atoms with Gasteiger partial charge in [-0.1, -0.05) is 20.8 Å². The van der Waals surface area contributed by atoms with Crippen LogP contribution in [0.4, 0.5) is 5.13 Å². The molecule has 1 saturated carbocycles. The molecule has 0 aliphatic heterocycles. The molecular weight excluding hydrogens is 242 g/mol. The molecular formula is C14H25N3S. The van der Waals surface area contributed by atoms with Crippen molar-refractivity contribution in [1.82, 2.24) is 10.3 Å². The summed E-state index contributed by atoms with van der Waals surface area (Å²) in [7, 11) is 2.01. The lowest BCUT2D eigenvalue weighted by atomic mass is 10.2. The number of rotatable bonds is 7. The Morgan fingerprint density at radius 2 is 2.17 bits per heavy atom. The highest BCUT2D eigenvalue weighted by atomic mass is 32.1. The standard InChI is InChI=1S/C14H25N3S/c1-5-12-13(8-15-4)18-14(16-12)17(9-10(2)3)11-6-7-11/h10-11,15H,5-9H2,1-4H3. The van der Waals surface area contributed by atoms with Crippen LogP contribution in [-0.4, -0.2) is 24.6 Å². The monoisotopic (exact) mass is 267 g/mol. The maximum Gasteiger partial charge on any atom is 0.186 e. The number of aryl methyl sites for hydroxylation is 1. The van der Waals surface area contributed by atoms with Crippen molar-refractivity contribution in [3.8, 4) is 0 Å². The van der Waals surface area contributed by atoms with Crippen LogP contribution in [0.2, 0.25) is 0 Å². The van der Waals surface area contributed by atoms with Crippen LogP contribution in [0.3, 0.4) is 0 Å². The van der Waals surface area contributed by atoms with Gasteiger partial charge in [0, 0.05) is 24.0 Å². The highest BCUT2D eigenvalue weighted by Crippen LogP contribution is 2.36. The number of anilines is 1. The largest absolute Gasteiger partial charge is 0.345 e. The van der Waals surface area contributed by atoms with E-state index in [0.717, 1.165) is 25.6 Å². The van der Waals surface area contributed by atoms with E-state index in [9.17, 15) is 0 Å². The van der Waals surface area contributed by atoms with Gasteiger partial charge in [0.2, 0.25) is 0 Å². The quantitative estimate of drug-likeness (QED) is 0.823. The van der Waals surface area contributed by atoms with Crippen LogP contribution in [0.1, 0.15) is 44.2 Å². The zero-order valence-corrected chi connectivity index (χ0v) is 12.8. The van der Waals surface area contributed by atoms with Crippen LogP contribution in [0.5, 0.6) is 0 Å². The third-order valence-electron chi connectivity index (χ3n) is 3.23. The van der Waals surface area contributed by atoms with Crippen LogP contribution in [-0.2, 0) is 13.0 Å². The molecule has 0 saturated heterocycles. The molecule has 1 heterocycles. The summed E-state index contributed by atoms with van der Waals surface area (Å²) in [6, 6.07) is 0.755. The molecule has 0 amide bonds. The molecule has 0 unspecified atom stereocenters. The van der Waals surface area contributed by atoms with E-state index >= 15 is 0 Å². The molecule has 2 rings (SSSR count). The second kappa shape index (κ2) is 6.02. The summed E-state index contributed by atoms with van der Waals surface area (Å²) in [5.74, 6) is 0.701. The predicted octanol–water partition coefficient (Wildman–Crippen LogP) is 3.05. The van der Waals surface area contributed by atoms with Crippen LogP contribution >= 0.6 is 11.3 Å². The van der Waals surface area contributed by atoms with E-state index in [1.54, 1.807) is 0 Å². The molecule has 0 aromatic carbocycles. The van der Waals surface area contributed by atoms with Gasteiger partial charge in [0.05, 0.1) is 5.69 Å². The molecule has 1 aromatic rings. The fraction of sp³-hybridized carbons (Fsp3) is 0.786. The van der Waals surface area contributed by atoms with Crippen LogP contribution in [0.25, 0.3) is 0 Å². The lowest BCUT2D eigenvalue weighted by Gasteiger charge is -2.23. The van der Waals surface area contributed by atoms with Crippen molar-refractivity contribution < 1.29 is 0 Å². The minimum absolute atomic E-state index is 0.701. The summed E-state index contributed by atoms with van der Waals surface area (Å²) in [5.41, 5.74) is 1.28. The zero-order valence-electron chi connectivity index (χ0n) is 12.0. The Hall–Kier alpha value is -0.610. The summed E-state index contributed by atoms with van der Waals surface area (Å²) in [6.07, 6.45) is 3.72. The number of hydrogen-bond donors (Lipinski definition) is 1. The summed E-state index contributed by atoms with van der Waals surface area (Å²) in [5, 5.41) is 4.49. The third kappa shape index (κ3) is 3.23. The molecule has 1 aliphatic carbocycles. The average Bonchev–Trinajstić information content (AvgIpc) is 3.08.